The molecule has 0 aliphatic rings. The van der Waals surface area contributed by atoms with E-state index < -0.39 is 67.6 Å². The van der Waals surface area contributed by atoms with Gasteiger partial charge in [0.05, 0.1) is 16.0 Å². The maximum absolute atomic E-state index is 13.7. The normalized spacial score (nSPS) is 11.2. The lowest BCUT2D eigenvalue weighted by molar-refractivity contribution is 0.423. The van der Waals surface area contributed by atoms with Crippen molar-refractivity contribution in [1.82, 2.24) is 0 Å². The second kappa shape index (κ2) is 5.62. The van der Waals surface area contributed by atoms with E-state index in [-0.39, 0.29) is 0 Å². The smallest absolute Gasteiger partial charge is 0.181 e. The van der Waals surface area contributed by atoms with E-state index in [1.165, 1.54) is 0 Å². The molecule has 0 aromatic heterocycles. The van der Waals surface area contributed by atoms with Crippen molar-refractivity contribution in [3.8, 4) is 11.1 Å². The molecule has 0 saturated carbocycles. The molecule has 0 aliphatic carbocycles. The van der Waals surface area contributed by atoms with Crippen molar-refractivity contribution in [2.24, 2.45) is 0 Å². The van der Waals surface area contributed by atoms with Crippen molar-refractivity contribution < 1.29 is 35.1 Å². The number of halogens is 9. The van der Waals surface area contributed by atoms with E-state index in [4.69, 9.17) is 11.6 Å². The van der Waals surface area contributed by atoms with E-state index in [9.17, 15) is 35.1 Å². The second-order valence-electron chi connectivity index (χ2n) is 3.92. The van der Waals surface area contributed by atoms with Crippen LogP contribution in [-0.4, -0.2) is 0 Å². The monoisotopic (exact) mass is 364 g/mol. The highest BCUT2D eigenvalue weighted by molar-refractivity contribution is 7.80. The van der Waals surface area contributed by atoms with Crippen LogP contribution in [0.3, 0.4) is 0 Å². The molecule has 0 saturated heterocycles. The molecule has 2 aromatic rings. The highest BCUT2D eigenvalue weighted by atomic mass is 35.5. The predicted octanol–water partition coefficient (Wildman–Crippen LogP) is 5.41. The van der Waals surface area contributed by atoms with Gasteiger partial charge in [0, 0.05) is 0 Å². The SMILES string of the molecule is Fc1c(F)c(-c2c(F)c(F)c(Cl)c(F)c2F)c(F)c(F)c1S. The van der Waals surface area contributed by atoms with Crippen molar-refractivity contribution in [2.75, 3.05) is 0 Å². The standard InChI is InChI=1S/C12HClF8S/c13-3-8(18)4(14)1(5(15)9(3)19)2-6(16)10(20)12(22)11(21)7(2)17/h22H. The lowest BCUT2D eigenvalue weighted by Crippen LogP contribution is -2.07. The Morgan fingerprint density at radius 2 is 0.773 bits per heavy atom. The third-order valence-corrected chi connectivity index (χ3v) is 3.42. The molecule has 0 heterocycles. The van der Waals surface area contributed by atoms with Gasteiger partial charge in [0.1, 0.15) is 5.02 Å². The maximum Gasteiger partial charge on any atom is 0.181 e. The largest absolute Gasteiger partial charge is 0.203 e. The van der Waals surface area contributed by atoms with E-state index in [2.05, 4.69) is 12.6 Å². The van der Waals surface area contributed by atoms with Crippen molar-refractivity contribution in [1.29, 1.82) is 0 Å². The van der Waals surface area contributed by atoms with Gasteiger partial charge in [-0.25, -0.2) is 35.1 Å². The molecule has 0 unspecified atom stereocenters. The van der Waals surface area contributed by atoms with Gasteiger partial charge in [-0.15, -0.1) is 12.6 Å². The molecule has 0 atom stereocenters. The Morgan fingerprint density at radius 1 is 0.500 bits per heavy atom. The lowest BCUT2D eigenvalue weighted by Gasteiger charge is -2.12. The zero-order chi connectivity index (χ0) is 16.9. The van der Waals surface area contributed by atoms with E-state index >= 15 is 0 Å². The molecule has 10 heteroatoms. The van der Waals surface area contributed by atoms with Gasteiger partial charge in [0.15, 0.2) is 46.5 Å². The molecule has 0 aliphatic heterocycles. The third kappa shape index (κ3) is 2.23. The Labute approximate surface area is 127 Å². The summed E-state index contributed by atoms with van der Waals surface area (Å²) in [5.74, 6) is -17.7. The van der Waals surface area contributed by atoms with Crippen LogP contribution < -0.4 is 0 Å². The molecule has 22 heavy (non-hydrogen) atoms. The average Bonchev–Trinajstić information content (AvgIpc) is 2.50. The number of hydrogen-bond donors (Lipinski definition) is 1. The highest BCUT2D eigenvalue weighted by Crippen LogP contribution is 2.39. The Bertz CT molecular complexity index is 679. The summed E-state index contributed by atoms with van der Waals surface area (Å²) in [5.41, 5.74) is -3.93. The molecule has 0 bridgehead atoms. The zero-order valence-electron chi connectivity index (χ0n) is 9.85. The van der Waals surface area contributed by atoms with Crippen LogP contribution >= 0.6 is 24.2 Å². The molecule has 0 spiro atoms. The Kier molecular flexibility index (Phi) is 4.31. The minimum absolute atomic E-state index is 1.41. The molecule has 2 rings (SSSR count). The fourth-order valence-corrected chi connectivity index (χ4v) is 2.03. The maximum atomic E-state index is 13.7. The van der Waals surface area contributed by atoms with Gasteiger partial charge in [-0.2, -0.15) is 0 Å². The quantitative estimate of drug-likeness (QED) is 0.297. The van der Waals surface area contributed by atoms with Crippen molar-refractivity contribution in [3.05, 3.63) is 51.6 Å². The van der Waals surface area contributed by atoms with Crippen molar-refractivity contribution in [3.63, 3.8) is 0 Å². The molecule has 0 N–H and O–H groups in total. The van der Waals surface area contributed by atoms with Crippen molar-refractivity contribution >= 4 is 24.2 Å². The summed E-state index contributed by atoms with van der Waals surface area (Å²) >= 11 is 8.07. The fraction of sp³-hybridized carbons (Fsp3) is 0. The number of rotatable bonds is 1. The van der Waals surface area contributed by atoms with Gasteiger partial charge in [0.25, 0.3) is 0 Å². The summed E-state index contributed by atoms with van der Waals surface area (Å²) in [4.78, 5) is -1.41. The molecule has 0 nitrogen and oxygen atoms in total. The first-order valence-electron chi connectivity index (χ1n) is 5.17. The van der Waals surface area contributed by atoms with Crippen LogP contribution in [-0.2, 0) is 0 Å². The Morgan fingerprint density at radius 3 is 1.09 bits per heavy atom. The number of thiol groups is 1. The van der Waals surface area contributed by atoms with Crippen LogP contribution in [0.25, 0.3) is 11.1 Å². The van der Waals surface area contributed by atoms with Crippen LogP contribution in [0.1, 0.15) is 0 Å². The molecule has 0 amide bonds. The molecule has 2 aromatic carbocycles. The minimum Gasteiger partial charge on any atom is -0.203 e. The summed E-state index contributed by atoms with van der Waals surface area (Å²) in [6, 6.07) is 0. The van der Waals surface area contributed by atoms with Gasteiger partial charge in [-0.05, 0) is 0 Å². The predicted molar refractivity (Wildman–Crippen MR) is 63.8 cm³/mol. The van der Waals surface area contributed by atoms with Gasteiger partial charge in [0.2, 0.25) is 0 Å². The van der Waals surface area contributed by atoms with E-state index in [1.54, 1.807) is 0 Å². The molecule has 118 valence electrons. The summed E-state index contributed by atoms with van der Waals surface area (Å²) in [5, 5.41) is -1.62. The first-order valence-corrected chi connectivity index (χ1v) is 6.00. The van der Waals surface area contributed by atoms with Crippen LogP contribution in [0, 0.1) is 46.5 Å². The van der Waals surface area contributed by atoms with Crippen LogP contribution in [0.15, 0.2) is 4.90 Å². The molecular weight excluding hydrogens is 364 g/mol. The van der Waals surface area contributed by atoms with E-state index in [0.29, 0.717) is 0 Å². The molecule has 0 radical (unpaired) electrons. The van der Waals surface area contributed by atoms with Gasteiger partial charge in [-0.1, -0.05) is 11.6 Å². The Balaban J connectivity index is 3.03. The minimum atomic E-state index is -2.31. The van der Waals surface area contributed by atoms with Gasteiger partial charge >= 0.3 is 0 Å². The van der Waals surface area contributed by atoms with Crippen LogP contribution in [0.5, 0.6) is 0 Å². The Hall–Kier alpha value is -1.48. The summed E-state index contributed by atoms with van der Waals surface area (Å²) in [7, 11) is 0. The average molecular weight is 365 g/mol. The zero-order valence-corrected chi connectivity index (χ0v) is 11.5. The molecular formula is C12HClF8S. The highest BCUT2D eigenvalue weighted by Gasteiger charge is 2.33. The summed E-state index contributed by atoms with van der Waals surface area (Å²) in [6.07, 6.45) is 0. The van der Waals surface area contributed by atoms with Gasteiger partial charge < -0.3 is 0 Å². The van der Waals surface area contributed by atoms with Crippen LogP contribution in [0.4, 0.5) is 35.1 Å². The second-order valence-corrected chi connectivity index (χ2v) is 4.75. The first-order chi connectivity index (χ1) is 10.1. The topological polar surface area (TPSA) is 0 Å². The van der Waals surface area contributed by atoms with Crippen LogP contribution in [0.2, 0.25) is 5.02 Å². The lowest BCUT2D eigenvalue weighted by atomic mass is 10.0. The fourth-order valence-electron chi connectivity index (χ4n) is 1.66. The molecule has 0 fully saturated rings. The summed E-state index contributed by atoms with van der Waals surface area (Å²) < 4.78 is 108. The third-order valence-electron chi connectivity index (χ3n) is 2.70. The van der Waals surface area contributed by atoms with E-state index in [1.807, 2.05) is 0 Å². The van der Waals surface area contributed by atoms with Gasteiger partial charge in [-0.3, -0.25) is 0 Å². The first kappa shape index (κ1) is 16.9. The van der Waals surface area contributed by atoms with Crippen molar-refractivity contribution in [2.45, 2.75) is 4.90 Å². The summed E-state index contributed by atoms with van der Waals surface area (Å²) in [6.45, 7) is 0. The van der Waals surface area contributed by atoms with E-state index in [0.717, 1.165) is 0 Å². The number of benzene rings is 2. The number of hydrogen-bond acceptors (Lipinski definition) is 1.